The van der Waals surface area contributed by atoms with Crippen molar-refractivity contribution in [1.82, 2.24) is 24.3 Å². The molecule has 1 aliphatic heterocycles. The molecule has 0 bridgehead atoms. The lowest BCUT2D eigenvalue weighted by molar-refractivity contribution is -0.133. The van der Waals surface area contributed by atoms with Crippen LogP contribution in [0.2, 0.25) is 0 Å². The fourth-order valence-electron chi connectivity index (χ4n) is 3.43. The molecule has 1 saturated heterocycles. The van der Waals surface area contributed by atoms with Crippen molar-refractivity contribution in [2.75, 3.05) is 33.2 Å². The van der Waals surface area contributed by atoms with Crippen molar-refractivity contribution < 1.29 is 9.18 Å². The van der Waals surface area contributed by atoms with Gasteiger partial charge in [-0.3, -0.25) is 9.78 Å². The topological polar surface area (TPSA) is 54.3 Å². The van der Waals surface area contributed by atoms with E-state index in [1.807, 2.05) is 21.6 Å². The zero-order valence-corrected chi connectivity index (χ0v) is 15.8. The molecule has 3 aromatic rings. The van der Waals surface area contributed by atoms with Crippen molar-refractivity contribution in [3.8, 4) is 22.5 Å². The standard InChI is InChI=1S/C21H22FN5O/c1-25-9-11-26(12-10-25)19(28)14-27-15-24-20(16-4-6-18(22)7-5-16)21(27)17-3-2-8-23-13-17/h2-8,13,15H,9-12,14H2,1H3. The van der Waals surface area contributed by atoms with Crippen molar-refractivity contribution in [1.29, 1.82) is 0 Å². The van der Waals surface area contributed by atoms with Crippen LogP contribution in [0.5, 0.6) is 0 Å². The number of imidazole rings is 1. The Morgan fingerprint density at radius 2 is 1.82 bits per heavy atom. The van der Waals surface area contributed by atoms with Crippen LogP contribution in [0.1, 0.15) is 0 Å². The van der Waals surface area contributed by atoms with Gasteiger partial charge in [-0.05, 0) is 43.4 Å². The molecule has 0 N–H and O–H groups in total. The van der Waals surface area contributed by atoms with Gasteiger partial charge in [-0.15, -0.1) is 0 Å². The van der Waals surface area contributed by atoms with Crippen LogP contribution in [0.15, 0.2) is 55.1 Å². The van der Waals surface area contributed by atoms with Crippen LogP contribution in [0.3, 0.4) is 0 Å². The summed E-state index contributed by atoms with van der Waals surface area (Å²) in [4.78, 5) is 25.7. The second-order valence-electron chi connectivity index (χ2n) is 7.00. The number of carbonyl (C=O) groups is 1. The van der Waals surface area contributed by atoms with Gasteiger partial charge < -0.3 is 14.4 Å². The van der Waals surface area contributed by atoms with Gasteiger partial charge in [-0.2, -0.15) is 0 Å². The normalized spacial score (nSPS) is 15.0. The number of benzene rings is 1. The van der Waals surface area contributed by atoms with Crippen molar-refractivity contribution in [2.24, 2.45) is 0 Å². The van der Waals surface area contributed by atoms with E-state index in [-0.39, 0.29) is 18.3 Å². The molecule has 0 saturated carbocycles. The number of likely N-dealkylation sites (N-methyl/N-ethyl adjacent to an activating group) is 1. The van der Waals surface area contributed by atoms with E-state index < -0.39 is 0 Å². The number of halogens is 1. The number of piperazine rings is 1. The Labute approximate surface area is 163 Å². The average Bonchev–Trinajstić information content (AvgIpc) is 3.13. The van der Waals surface area contributed by atoms with Crippen LogP contribution in [-0.2, 0) is 11.3 Å². The van der Waals surface area contributed by atoms with E-state index in [4.69, 9.17) is 0 Å². The van der Waals surface area contributed by atoms with E-state index in [0.717, 1.165) is 43.0 Å². The van der Waals surface area contributed by atoms with Gasteiger partial charge in [-0.25, -0.2) is 9.37 Å². The molecule has 1 aliphatic rings. The molecule has 1 fully saturated rings. The molecule has 4 rings (SSSR count). The maximum absolute atomic E-state index is 13.3. The largest absolute Gasteiger partial charge is 0.339 e. The third-order valence-electron chi connectivity index (χ3n) is 5.05. The number of hydrogen-bond donors (Lipinski definition) is 0. The number of carbonyl (C=O) groups excluding carboxylic acids is 1. The van der Waals surface area contributed by atoms with Gasteiger partial charge in [-0.1, -0.05) is 0 Å². The minimum absolute atomic E-state index is 0.0706. The van der Waals surface area contributed by atoms with Crippen molar-refractivity contribution in [2.45, 2.75) is 6.54 Å². The number of aromatic nitrogens is 3. The first-order chi connectivity index (χ1) is 13.6. The Hall–Kier alpha value is -3.06. The molecule has 1 amide bonds. The van der Waals surface area contributed by atoms with Crippen LogP contribution in [0, 0.1) is 5.82 Å². The Balaban J connectivity index is 1.67. The molecule has 0 radical (unpaired) electrons. The summed E-state index contributed by atoms with van der Waals surface area (Å²) in [5, 5.41) is 0. The molecule has 28 heavy (non-hydrogen) atoms. The van der Waals surface area contributed by atoms with Gasteiger partial charge in [0.1, 0.15) is 12.4 Å². The fraction of sp³-hybridized carbons (Fsp3) is 0.286. The Bertz CT molecular complexity index is 947. The predicted octanol–water partition coefficient (Wildman–Crippen LogP) is 2.53. The molecule has 7 heteroatoms. The lowest BCUT2D eigenvalue weighted by Gasteiger charge is -2.32. The molecule has 1 aromatic carbocycles. The third-order valence-corrected chi connectivity index (χ3v) is 5.05. The maximum Gasteiger partial charge on any atom is 0.242 e. The molecule has 0 spiro atoms. The highest BCUT2D eigenvalue weighted by atomic mass is 19.1. The number of amides is 1. The van der Waals surface area contributed by atoms with Gasteiger partial charge >= 0.3 is 0 Å². The van der Waals surface area contributed by atoms with Crippen LogP contribution in [0.4, 0.5) is 4.39 Å². The lowest BCUT2D eigenvalue weighted by atomic mass is 10.1. The summed E-state index contributed by atoms with van der Waals surface area (Å²) >= 11 is 0. The first kappa shape index (κ1) is 18.3. The lowest BCUT2D eigenvalue weighted by Crippen LogP contribution is -2.48. The highest BCUT2D eigenvalue weighted by Gasteiger charge is 2.22. The molecular weight excluding hydrogens is 357 g/mol. The molecule has 0 atom stereocenters. The Kier molecular flexibility index (Phi) is 5.16. The Morgan fingerprint density at radius 1 is 1.07 bits per heavy atom. The van der Waals surface area contributed by atoms with Gasteiger partial charge in [0, 0.05) is 49.7 Å². The molecule has 6 nitrogen and oxygen atoms in total. The summed E-state index contributed by atoms with van der Waals surface area (Å²) < 4.78 is 15.2. The highest BCUT2D eigenvalue weighted by Crippen LogP contribution is 2.31. The molecule has 3 heterocycles. The van der Waals surface area contributed by atoms with E-state index in [1.54, 1.807) is 30.9 Å². The number of nitrogens with zero attached hydrogens (tertiary/aromatic N) is 5. The minimum Gasteiger partial charge on any atom is -0.339 e. The fourth-order valence-corrected chi connectivity index (χ4v) is 3.43. The molecular formula is C21H22FN5O. The van der Waals surface area contributed by atoms with E-state index in [9.17, 15) is 9.18 Å². The SMILES string of the molecule is CN1CCN(C(=O)Cn2cnc(-c3ccc(F)cc3)c2-c2cccnc2)CC1. The van der Waals surface area contributed by atoms with E-state index >= 15 is 0 Å². The number of rotatable bonds is 4. The van der Waals surface area contributed by atoms with Gasteiger partial charge in [0.15, 0.2) is 0 Å². The van der Waals surface area contributed by atoms with E-state index in [2.05, 4.69) is 21.9 Å². The first-order valence-electron chi connectivity index (χ1n) is 9.29. The van der Waals surface area contributed by atoms with Crippen LogP contribution >= 0.6 is 0 Å². The van der Waals surface area contributed by atoms with Crippen LogP contribution in [-0.4, -0.2) is 63.5 Å². The molecule has 0 unspecified atom stereocenters. The zero-order valence-electron chi connectivity index (χ0n) is 15.8. The third kappa shape index (κ3) is 3.80. The van der Waals surface area contributed by atoms with Gasteiger partial charge in [0.2, 0.25) is 5.91 Å². The van der Waals surface area contributed by atoms with Crippen LogP contribution < -0.4 is 0 Å². The molecule has 2 aromatic heterocycles. The molecule has 144 valence electrons. The van der Waals surface area contributed by atoms with Crippen molar-refractivity contribution >= 4 is 5.91 Å². The van der Waals surface area contributed by atoms with Crippen LogP contribution in [0.25, 0.3) is 22.5 Å². The summed E-state index contributed by atoms with van der Waals surface area (Å²) in [6, 6.07) is 10.0. The predicted molar refractivity (Wildman–Crippen MR) is 105 cm³/mol. The number of hydrogen-bond acceptors (Lipinski definition) is 4. The van der Waals surface area contributed by atoms with Gasteiger partial charge in [0.25, 0.3) is 0 Å². The second kappa shape index (κ2) is 7.90. The van der Waals surface area contributed by atoms with Crippen molar-refractivity contribution in [3.63, 3.8) is 0 Å². The van der Waals surface area contributed by atoms with Gasteiger partial charge in [0.05, 0.1) is 17.7 Å². The summed E-state index contributed by atoms with van der Waals surface area (Å²) in [5.41, 5.74) is 3.18. The first-order valence-corrected chi connectivity index (χ1v) is 9.29. The summed E-state index contributed by atoms with van der Waals surface area (Å²) in [7, 11) is 2.06. The monoisotopic (exact) mass is 379 g/mol. The van der Waals surface area contributed by atoms with E-state index in [1.165, 1.54) is 12.1 Å². The minimum atomic E-state index is -0.295. The zero-order chi connectivity index (χ0) is 19.5. The number of pyridine rings is 1. The van der Waals surface area contributed by atoms with E-state index in [0.29, 0.717) is 5.69 Å². The summed E-state index contributed by atoms with van der Waals surface area (Å²) in [6.45, 7) is 3.44. The Morgan fingerprint density at radius 3 is 2.50 bits per heavy atom. The van der Waals surface area contributed by atoms with Crippen molar-refractivity contribution in [3.05, 3.63) is 60.9 Å². The smallest absolute Gasteiger partial charge is 0.242 e. The highest BCUT2D eigenvalue weighted by molar-refractivity contribution is 5.81. The molecule has 0 aliphatic carbocycles. The summed E-state index contributed by atoms with van der Waals surface area (Å²) in [6.07, 6.45) is 5.13. The average molecular weight is 379 g/mol. The maximum atomic E-state index is 13.3. The summed E-state index contributed by atoms with van der Waals surface area (Å²) in [5.74, 6) is -0.224. The quantitative estimate of drug-likeness (QED) is 0.699. The second-order valence-corrected chi connectivity index (χ2v) is 7.00.